The first-order chi connectivity index (χ1) is 8.92. The zero-order valence-corrected chi connectivity index (χ0v) is 11.8. The molecule has 2 fully saturated rings. The van der Waals surface area contributed by atoms with Gasteiger partial charge >= 0.3 is 0 Å². The Labute approximate surface area is 114 Å². The largest absolute Gasteiger partial charge is 0.391 e. The van der Waals surface area contributed by atoms with Crippen LogP contribution in [0.5, 0.6) is 0 Å². The van der Waals surface area contributed by atoms with Gasteiger partial charge in [0.05, 0.1) is 11.6 Å². The lowest BCUT2D eigenvalue weighted by molar-refractivity contribution is -0.142. The van der Waals surface area contributed by atoms with Gasteiger partial charge in [-0.2, -0.15) is 0 Å². The number of rotatable bonds is 3. The van der Waals surface area contributed by atoms with Crippen LogP contribution in [0.2, 0.25) is 0 Å². The Bertz CT molecular complexity index is 329. The third-order valence-corrected chi connectivity index (χ3v) is 4.04. The van der Waals surface area contributed by atoms with Crippen LogP contribution >= 0.6 is 0 Å². The van der Waals surface area contributed by atoms with Crippen LogP contribution in [0.4, 0.5) is 0 Å². The molecule has 2 unspecified atom stereocenters. The average molecular weight is 271 g/mol. The van der Waals surface area contributed by atoms with Crippen LogP contribution in [-0.4, -0.2) is 78.9 Å². The van der Waals surface area contributed by atoms with Gasteiger partial charge in [-0.3, -0.25) is 4.79 Å². The highest BCUT2D eigenvalue weighted by atomic mass is 16.5. The Kier molecular flexibility index (Phi) is 4.45. The maximum Gasteiger partial charge on any atom is 0.243 e. The van der Waals surface area contributed by atoms with E-state index in [1.807, 2.05) is 19.0 Å². The molecule has 0 aromatic heterocycles. The van der Waals surface area contributed by atoms with Crippen molar-refractivity contribution in [2.75, 3.05) is 40.4 Å². The SMILES string of the molecule is CN(C)CC1CC(O)CN1C(=O)C1(N)CCOCC1. The number of carbonyl (C=O) groups is 1. The van der Waals surface area contributed by atoms with Crippen LogP contribution in [0.1, 0.15) is 19.3 Å². The molecule has 3 N–H and O–H groups in total. The van der Waals surface area contributed by atoms with Crippen molar-refractivity contribution < 1.29 is 14.6 Å². The van der Waals surface area contributed by atoms with E-state index in [1.54, 1.807) is 4.90 Å². The number of hydrogen-bond acceptors (Lipinski definition) is 5. The predicted molar refractivity (Wildman–Crippen MR) is 71.7 cm³/mol. The first-order valence-corrected chi connectivity index (χ1v) is 6.93. The van der Waals surface area contributed by atoms with Crippen molar-refractivity contribution in [3.05, 3.63) is 0 Å². The summed E-state index contributed by atoms with van der Waals surface area (Å²) in [5.41, 5.74) is 5.44. The summed E-state index contributed by atoms with van der Waals surface area (Å²) in [7, 11) is 3.94. The fourth-order valence-corrected chi connectivity index (χ4v) is 2.97. The molecular weight excluding hydrogens is 246 g/mol. The first-order valence-electron chi connectivity index (χ1n) is 6.93. The van der Waals surface area contributed by atoms with Crippen molar-refractivity contribution in [1.29, 1.82) is 0 Å². The van der Waals surface area contributed by atoms with E-state index in [0.29, 0.717) is 39.0 Å². The van der Waals surface area contributed by atoms with Crippen LogP contribution in [0.15, 0.2) is 0 Å². The fraction of sp³-hybridized carbons (Fsp3) is 0.923. The molecule has 2 atom stereocenters. The highest BCUT2D eigenvalue weighted by Crippen LogP contribution is 2.26. The Morgan fingerprint density at radius 3 is 2.68 bits per heavy atom. The van der Waals surface area contributed by atoms with Gasteiger partial charge in [-0.15, -0.1) is 0 Å². The molecule has 2 rings (SSSR count). The van der Waals surface area contributed by atoms with E-state index in [4.69, 9.17) is 10.5 Å². The zero-order valence-electron chi connectivity index (χ0n) is 11.8. The minimum absolute atomic E-state index is 0.0285. The number of likely N-dealkylation sites (N-methyl/N-ethyl adjacent to an activating group) is 1. The molecule has 0 aromatic rings. The van der Waals surface area contributed by atoms with Gasteiger partial charge in [-0.1, -0.05) is 0 Å². The van der Waals surface area contributed by atoms with Crippen molar-refractivity contribution in [2.24, 2.45) is 5.73 Å². The summed E-state index contributed by atoms with van der Waals surface area (Å²) < 4.78 is 5.28. The number of ether oxygens (including phenoxy) is 1. The number of nitrogens with two attached hydrogens (primary N) is 1. The molecule has 1 amide bonds. The van der Waals surface area contributed by atoms with E-state index in [0.717, 1.165) is 6.54 Å². The first kappa shape index (κ1) is 14.7. The molecule has 0 aliphatic carbocycles. The van der Waals surface area contributed by atoms with Crippen LogP contribution < -0.4 is 5.73 Å². The number of hydrogen-bond donors (Lipinski definition) is 2. The molecule has 2 aliphatic rings. The molecule has 2 heterocycles. The summed E-state index contributed by atoms with van der Waals surface area (Å²) in [6.07, 6.45) is 1.33. The number of aliphatic hydroxyl groups is 1. The molecule has 0 spiro atoms. The van der Waals surface area contributed by atoms with Gasteiger partial charge in [0, 0.05) is 32.3 Å². The van der Waals surface area contributed by atoms with Gasteiger partial charge in [0.15, 0.2) is 0 Å². The van der Waals surface area contributed by atoms with Crippen LogP contribution in [0.3, 0.4) is 0 Å². The van der Waals surface area contributed by atoms with Crippen LogP contribution in [-0.2, 0) is 9.53 Å². The molecule has 0 aromatic carbocycles. The number of carbonyl (C=O) groups excluding carboxylic acids is 1. The van der Waals surface area contributed by atoms with Gasteiger partial charge in [0.1, 0.15) is 0 Å². The lowest BCUT2D eigenvalue weighted by Gasteiger charge is -2.38. The highest BCUT2D eigenvalue weighted by molar-refractivity contribution is 5.86. The lowest BCUT2D eigenvalue weighted by atomic mass is 9.89. The van der Waals surface area contributed by atoms with E-state index < -0.39 is 11.6 Å². The number of aliphatic hydroxyl groups excluding tert-OH is 1. The quantitative estimate of drug-likeness (QED) is 0.689. The van der Waals surface area contributed by atoms with Crippen molar-refractivity contribution >= 4 is 5.91 Å². The highest BCUT2D eigenvalue weighted by Gasteiger charge is 2.44. The number of amides is 1. The molecule has 19 heavy (non-hydrogen) atoms. The Morgan fingerprint density at radius 2 is 2.11 bits per heavy atom. The minimum Gasteiger partial charge on any atom is -0.391 e. The predicted octanol–water partition coefficient (Wildman–Crippen LogP) is -0.982. The van der Waals surface area contributed by atoms with Crippen molar-refractivity contribution in [3.63, 3.8) is 0 Å². The maximum absolute atomic E-state index is 12.7. The van der Waals surface area contributed by atoms with Gasteiger partial charge in [0.25, 0.3) is 0 Å². The van der Waals surface area contributed by atoms with E-state index in [-0.39, 0.29) is 11.9 Å². The minimum atomic E-state index is -0.813. The molecule has 6 heteroatoms. The van der Waals surface area contributed by atoms with Gasteiger partial charge < -0.3 is 25.4 Å². The van der Waals surface area contributed by atoms with E-state index in [9.17, 15) is 9.90 Å². The summed E-state index contributed by atoms with van der Waals surface area (Å²) in [5, 5.41) is 9.84. The standard InChI is InChI=1S/C13H25N3O3/c1-15(2)8-10-7-11(17)9-16(10)12(18)13(14)3-5-19-6-4-13/h10-11,17H,3-9,14H2,1-2H3. The molecule has 6 nitrogen and oxygen atoms in total. The number of likely N-dealkylation sites (tertiary alicyclic amines) is 1. The summed E-state index contributed by atoms with van der Waals surface area (Å²) in [6, 6.07) is 0.0563. The van der Waals surface area contributed by atoms with Crippen molar-refractivity contribution in [1.82, 2.24) is 9.80 Å². The van der Waals surface area contributed by atoms with Gasteiger partial charge in [-0.05, 0) is 33.4 Å². The zero-order chi connectivity index (χ0) is 14.0. The monoisotopic (exact) mass is 271 g/mol. The van der Waals surface area contributed by atoms with E-state index in [2.05, 4.69) is 0 Å². The molecule has 110 valence electrons. The maximum atomic E-state index is 12.7. The van der Waals surface area contributed by atoms with Crippen molar-refractivity contribution in [3.8, 4) is 0 Å². The molecule has 0 saturated carbocycles. The number of nitrogens with zero attached hydrogens (tertiary/aromatic N) is 2. The summed E-state index contributed by atoms with van der Waals surface area (Å²) in [4.78, 5) is 16.5. The second-order valence-electron chi connectivity index (χ2n) is 6.03. The Balaban J connectivity index is 2.07. The third-order valence-electron chi connectivity index (χ3n) is 4.04. The lowest BCUT2D eigenvalue weighted by Crippen LogP contribution is -2.59. The Hall–Kier alpha value is -0.690. The van der Waals surface area contributed by atoms with Crippen LogP contribution in [0.25, 0.3) is 0 Å². The smallest absolute Gasteiger partial charge is 0.243 e. The summed E-state index contributed by atoms with van der Waals surface area (Å²) >= 11 is 0. The van der Waals surface area contributed by atoms with Gasteiger partial charge in [0.2, 0.25) is 5.91 Å². The van der Waals surface area contributed by atoms with Gasteiger partial charge in [-0.25, -0.2) is 0 Å². The third kappa shape index (κ3) is 3.25. The van der Waals surface area contributed by atoms with Crippen molar-refractivity contribution in [2.45, 2.75) is 36.9 Å². The normalized spacial score (nSPS) is 30.9. The Morgan fingerprint density at radius 1 is 1.47 bits per heavy atom. The molecule has 0 radical (unpaired) electrons. The molecule has 2 aliphatic heterocycles. The summed E-state index contributed by atoms with van der Waals surface area (Å²) in [5.74, 6) is -0.0285. The summed E-state index contributed by atoms with van der Waals surface area (Å²) in [6.45, 7) is 2.24. The van der Waals surface area contributed by atoms with Crippen LogP contribution in [0, 0.1) is 0 Å². The topological polar surface area (TPSA) is 79.0 Å². The second kappa shape index (κ2) is 5.75. The average Bonchev–Trinajstić information content (AvgIpc) is 2.69. The molecule has 0 bridgehead atoms. The fourth-order valence-electron chi connectivity index (χ4n) is 2.97. The molecule has 2 saturated heterocycles. The second-order valence-corrected chi connectivity index (χ2v) is 6.03. The number of β-amino-alcohol motifs (C(OH)–C–C–N with tert-alkyl or cyclic N) is 1. The molecular formula is C13H25N3O3. The van der Waals surface area contributed by atoms with E-state index in [1.165, 1.54) is 0 Å². The van der Waals surface area contributed by atoms with E-state index >= 15 is 0 Å².